The van der Waals surface area contributed by atoms with Gasteiger partial charge in [-0.2, -0.15) is 0 Å². The predicted molar refractivity (Wildman–Crippen MR) is 288 cm³/mol. The third-order valence-electron chi connectivity index (χ3n) is 15.6. The fourth-order valence-corrected chi connectivity index (χ4v) is 28.7. The average molecular weight is 1210 g/mol. The van der Waals surface area contributed by atoms with Crippen molar-refractivity contribution < 1.29 is 44.3 Å². The molecule has 1 fully saturated rings. The van der Waals surface area contributed by atoms with Crippen LogP contribution in [0.15, 0.2) is 77.6 Å². The molecular formula is C55H61ClF6N8O5SSn. The van der Waals surface area contributed by atoms with Crippen molar-refractivity contribution in [2.45, 2.75) is 122 Å². The Morgan fingerprint density at radius 2 is 1.56 bits per heavy atom. The van der Waals surface area contributed by atoms with E-state index >= 15 is 31.1 Å². The molecule has 77 heavy (non-hydrogen) atoms. The summed E-state index contributed by atoms with van der Waals surface area (Å²) in [6.45, 7) is 6.20. The molecule has 2 N–H and O–H groups in total. The van der Waals surface area contributed by atoms with Crippen molar-refractivity contribution >= 4 is 77.1 Å². The van der Waals surface area contributed by atoms with Gasteiger partial charge in [0.15, 0.2) is 0 Å². The number of unbranched alkanes of at least 4 members (excludes halogenated alkanes) is 3. The van der Waals surface area contributed by atoms with E-state index in [2.05, 4.69) is 25.9 Å². The van der Waals surface area contributed by atoms with E-state index in [0.717, 1.165) is 82.7 Å². The van der Waals surface area contributed by atoms with E-state index in [0.29, 0.717) is 22.1 Å². The fraction of sp³-hybridized carbons (Fsp3) is 0.436. The Balaban J connectivity index is 1.38. The molecule has 0 saturated heterocycles. The van der Waals surface area contributed by atoms with Gasteiger partial charge in [0, 0.05) is 0 Å². The molecule has 4 aromatic carbocycles. The normalized spacial score (nSPS) is 16.8. The second-order valence-electron chi connectivity index (χ2n) is 20.7. The molecule has 3 heterocycles. The molecule has 4 atom stereocenters. The van der Waals surface area contributed by atoms with Crippen molar-refractivity contribution in [1.82, 2.24) is 29.1 Å². The summed E-state index contributed by atoms with van der Waals surface area (Å²) >= 11 is 3.66. The number of primary amides is 1. The van der Waals surface area contributed by atoms with E-state index in [1.54, 1.807) is 30.3 Å². The summed E-state index contributed by atoms with van der Waals surface area (Å²) in [5.41, 5.74) is 3.90. The van der Waals surface area contributed by atoms with Gasteiger partial charge in [0.05, 0.1) is 13.4 Å². The molecule has 2 aliphatic carbocycles. The summed E-state index contributed by atoms with van der Waals surface area (Å²) in [5, 5.41) is 8.92. The van der Waals surface area contributed by atoms with Gasteiger partial charge in [-0.15, -0.1) is 0 Å². The third-order valence-corrected chi connectivity index (χ3v) is 32.6. The quantitative estimate of drug-likeness (QED) is 0.0489. The first kappa shape index (κ1) is 56.1. The first-order valence-corrected chi connectivity index (χ1v) is 35.7. The number of aryl methyl sites for hydroxylation is 1. The van der Waals surface area contributed by atoms with E-state index in [-0.39, 0.29) is 62.7 Å². The molecule has 0 bridgehead atoms. The molecule has 9 rings (SSSR count). The van der Waals surface area contributed by atoms with Crippen molar-refractivity contribution in [1.29, 1.82) is 0 Å². The van der Waals surface area contributed by atoms with Gasteiger partial charge in [0.25, 0.3) is 0 Å². The Bertz CT molecular complexity index is 3530. The predicted octanol–water partition coefficient (Wildman–Crippen LogP) is 11.6. The Morgan fingerprint density at radius 1 is 0.922 bits per heavy atom. The average Bonchev–Trinajstić information content (AvgIpc) is 3.71. The standard InChI is InChI=1S/C43H34ClF6N8O5S.3C4H9.Sn/c1-55-36-31(13-12-29(44)33(36)41(54-55)56(64(3,61)62)19-20-8-10-24(63-2)11-9-20)57-40(52-30-7-5-4-6-25(30)42(57)60)27(16-21-14-22(45)17-23(46)15-21)35(39(51)59)58-37-32(34(53-58)38(47)48)26-18-28(26)43(37,49)50;3*1-3-4-2;/h4,6-15,17,26-28,35,38H,16,18-19H2,1-3H3,(H2,51,59);3*1,3-4H2,2H3;/t26-,27-,28+,35?;;;;/m0..../s1. The maximum atomic E-state index is 16.7. The number of fused-ring (bicyclic) bond motifs is 5. The zero-order chi connectivity index (χ0) is 55.5. The molecule has 2 aliphatic rings. The summed E-state index contributed by atoms with van der Waals surface area (Å²) < 4.78 is 135. The summed E-state index contributed by atoms with van der Waals surface area (Å²) in [5.74, 6) is -11.2. The number of carbonyl (C=O) groups is 1. The Kier molecular flexibility index (Phi) is 16.0. The van der Waals surface area contributed by atoms with Crippen LogP contribution < -0.4 is 23.9 Å². The number of anilines is 1. The van der Waals surface area contributed by atoms with Crippen molar-refractivity contribution in [3.63, 3.8) is 0 Å². The molecule has 1 saturated carbocycles. The second kappa shape index (κ2) is 21.9. The van der Waals surface area contributed by atoms with Crippen molar-refractivity contribution in [2.24, 2.45) is 18.7 Å². The number of aromatic nitrogens is 6. The van der Waals surface area contributed by atoms with Crippen molar-refractivity contribution in [2.75, 3.05) is 17.7 Å². The number of ether oxygens (including phenoxy) is 1. The van der Waals surface area contributed by atoms with Crippen molar-refractivity contribution in [3.05, 3.63) is 134 Å². The minimum absolute atomic E-state index is 0.00697. The van der Waals surface area contributed by atoms with Gasteiger partial charge in [-0.25, -0.2) is 8.42 Å². The molecule has 3 aromatic heterocycles. The number of carbonyl (C=O) groups excluding carboxylic acids is 1. The van der Waals surface area contributed by atoms with Gasteiger partial charge in [-0.1, -0.05) is 12.1 Å². The number of alkyl halides is 4. The first-order valence-electron chi connectivity index (χ1n) is 25.9. The molecule has 1 amide bonds. The van der Waals surface area contributed by atoms with Gasteiger partial charge >= 0.3 is 392 Å². The van der Waals surface area contributed by atoms with Crippen LogP contribution in [0.3, 0.4) is 0 Å². The number of amides is 1. The summed E-state index contributed by atoms with van der Waals surface area (Å²) in [4.78, 5) is 35.7. The topological polar surface area (TPSA) is 160 Å². The van der Waals surface area contributed by atoms with Gasteiger partial charge < -0.3 is 4.74 Å². The van der Waals surface area contributed by atoms with E-state index in [4.69, 9.17) is 32.2 Å². The van der Waals surface area contributed by atoms with E-state index in [1.807, 2.05) is 12.1 Å². The Morgan fingerprint density at radius 3 is 2.13 bits per heavy atom. The first-order chi connectivity index (χ1) is 36.6. The molecule has 0 spiro atoms. The number of nitrogens with zero attached hydrogens (tertiary/aromatic N) is 7. The molecule has 0 radical (unpaired) electrons. The monoisotopic (exact) mass is 1210 g/mol. The SMILES string of the molecule is CCC[CH2][Sn]([CH2]CCC)([CH2]CCC)[c]1ccc2c(=O)n(-c3ccc(Cl)c4c(N(Cc5ccc(OC)cc5)S(C)(=O)=O)nn(C)c34)c([C@@H](Cc3cc(F)cc(F)c3)C(C(N)=O)n3nc(C(F)F)c4c3C(F)(F)[C@@H]3C[C@H]43)nc2c1. The number of rotatable bonds is 23. The van der Waals surface area contributed by atoms with Crippen LogP contribution in [0.5, 0.6) is 5.75 Å². The molecule has 410 valence electrons. The third kappa shape index (κ3) is 10.5. The van der Waals surface area contributed by atoms with Gasteiger partial charge in [0.1, 0.15) is 5.75 Å². The van der Waals surface area contributed by atoms with Crippen LogP contribution in [-0.4, -0.2) is 75.2 Å². The Hall–Kier alpha value is -5.61. The van der Waals surface area contributed by atoms with Crippen LogP contribution in [0.25, 0.3) is 27.5 Å². The van der Waals surface area contributed by atoms with E-state index < -0.39 is 111 Å². The van der Waals surface area contributed by atoms with Crippen LogP contribution in [0.2, 0.25) is 18.3 Å². The van der Waals surface area contributed by atoms with Crippen LogP contribution >= 0.6 is 11.6 Å². The summed E-state index contributed by atoms with van der Waals surface area (Å²) in [6, 6.07) is 15.6. The van der Waals surface area contributed by atoms with Gasteiger partial charge in [-0.05, 0) is 17.7 Å². The molecule has 13 nitrogen and oxygen atoms in total. The fourth-order valence-electron chi connectivity index (χ4n) is 11.7. The van der Waals surface area contributed by atoms with Crippen LogP contribution in [0.4, 0.5) is 32.2 Å². The van der Waals surface area contributed by atoms with Gasteiger partial charge in [0.2, 0.25) is 0 Å². The number of nitrogens with two attached hydrogens (primary N) is 1. The molecular weight excluding hydrogens is 1150 g/mol. The zero-order valence-corrected chi connectivity index (χ0v) is 48.0. The van der Waals surface area contributed by atoms with Crippen LogP contribution in [0, 0.1) is 17.6 Å². The number of methoxy groups -OCH3 is 1. The number of benzene rings is 4. The van der Waals surface area contributed by atoms with E-state index in [9.17, 15) is 13.2 Å². The van der Waals surface area contributed by atoms with Crippen molar-refractivity contribution in [3.8, 4) is 11.4 Å². The number of halogens is 7. The second-order valence-corrected chi connectivity index (χ2v) is 36.2. The molecule has 1 unspecified atom stereocenters. The molecule has 7 aromatic rings. The van der Waals surface area contributed by atoms with Crippen LogP contribution in [-0.2, 0) is 40.8 Å². The van der Waals surface area contributed by atoms with Gasteiger partial charge in [-0.3, -0.25) is 0 Å². The zero-order valence-electron chi connectivity index (χ0n) is 43.6. The summed E-state index contributed by atoms with van der Waals surface area (Å²) in [7, 11) is -1.17. The minimum atomic E-state index is -4.16. The number of hydrogen-bond donors (Lipinski definition) is 1. The van der Waals surface area contributed by atoms with E-state index in [1.165, 1.54) is 31.0 Å². The number of sulfonamides is 1. The molecule has 0 aliphatic heterocycles. The maximum absolute atomic E-state index is 16.7. The van der Waals surface area contributed by atoms with Crippen LogP contribution in [0.1, 0.15) is 124 Å². The summed E-state index contributed by atoms with van der Waals surface area (Å²) in [6.07, 6.45) is 2.80. The molecule has 22 heteroatoms. The Labute approximate surface area is 451 Å². The number of hydrogen-bond acceptors (Lipinski definition) is 8.